The zero-order valence-corrected chi connectivity index (χ0v) is 23.0. The summed E-state index contributed by atoms with van der Waals surface area (Å²) in [6.07, 6.45) is 5.52. The van der Waals surface area contributed by atoms with Crippen molar-refractivity contribution in [3.05, 3.63) is 47.8 Å². The molecule has 1 N–H and O–H groups in total. The maximum atomic E-state index is 12.2. The third kappa shape index (κ3) is 4.46. The summed E-state index contributed by atoms with van der Waals surface area (Å²) in [7, 11) is 0. The molecule has 6 heterocycles. The molecule has 40 heavy (non-hydrogen) atoms. The van der Waals surface area contributed by atoms with Crippen LogP contribution in [-0.2, 0) is 22.5 Å². The van der Waals surface area contributed by atoms with Gasteiger partial charge in [0, 0.05) is 56.8 Å². The van der Waals surface area contributed by atoms with Gasteiger partial charge in [-0.05, 0) is 37.5 Å². The van der Waals surface area contributed by atoms with Gasteiger partial charge in [-0.15, -0.1) is 0 Å². The van der Waals surface area contributed by atoms with Crippen molar-refractivity contribution in [1.29, 1.82) is 0 Å². The van der Waals surface area contributed by atoms with Gasteiger partial charge in [0.2, 0.25) is 5.91 Å². The number of benzene rings is 1. The number of carbonyl (C=O) groups is 1. The summed E-state index contributed by atoms with van der Waals surface area (Å²) in [5, 5.41) is 8.51. The molecular formula is C29H36N8O3. The number of carbonyl (C=O) groups excluding carboxylic acids is 1. The molecule has 0 radical (unpaired) electrons. The molecule has 11 heteroatoms. The van der Waals surface area contributed by atoms with Crippen LogP contribution in [0.5, 0.6) is 6.01 Å². The maximum Gasteiger partial charge on any atom is 0.318 e. The highest BCUT2D eigenvalue weighted by molar-refractivity contribution is 5.93. The first-order chi connectivity index (χ1) is 19.6. The van der Waals surface area contributed by atoms with Crippen LogP contribution < -0.4 is 14.5 Å². The molecule has 1 unspecified atom stereocenters. The average molecular weight is 545 g/mol. The van der Waals surface area contributed by atoms with Crippen molar-refractivity contribution in [2.45, 2.75) is 38.5 Å². The third-order valence-electron chi connectivity index (χ3n) is 8.82. The summed E-state index contributed by atoms with van der Waals surface area (Å²) in [5.74, 6) is 0.926. The van der Waals surface area contributed by atoms with E-state index in [1.807, 2.05) is 11.1 Å². The van der Waals surface area contributed by atoms with E-state index in [9.17, 15) is 4.79 Å². The van der Waals surface area contributed by atoms with Gasteiger partial charge in [-0.2, -0.15) is 15.1 Å². The normalized spacial score (nSPS) is 22.4. The first-order valence-corrected chi connectivity index (χ1v) is 14.3. The monoisotopic (exact) mass is 544 g/mol. The maximum absolute atomic E-state index is 12.2. The Balaban J connectivity index is 1.12. The summed E-state index contributed by atoms with van der Waals surface area (Å²) in [6, 6.07) is 5.27. The highest BCUT2D eigenvalue weighted by atomic mass is 16.5. The molecule has 2 atom stereocenters. The van der Waals surface area contributed by atoms with Gasteiger partial charge >= 0.3 is 6.01 Å². The van der Waals surface area contributed by atoms with E-state index in [-0.39, 0.29) is 5.91 Å². The summed E-state index contributed by atoms with van der Waals surface area (Å²) in [6.45, 7) is 13.5. The summed E-state index contributed by atoms with van der Waals surface area (Å²) < 4.78 is 11.7. The molecule has 0 aliphatic carbocycles. The molecule has 1 aromatic carbocycles. The van der Waals surface area contributed by atoms with Crippen LogP contribution in [0, 0.1) is 6.92 Å². The number of hydrogen-bond donors (Lipinski definition) is 1. The molecule has 0 bridgehead atoms. The lowest BCUT2D eigenvalue weighted by atomic mass is 9.95. The molecule has 0 saturated carbocycles. The van der Waals surface area contributed by atoms with Gasteiger partial charge in [0.15, 0.2) is 0 Å². The van der Waals surface area contributed by atoms with Gasteiger partial charge in [-0.3, -0.25) is 14.8 Å². The Bertz CT molecular complexity index is 1430. The molecule has 3 saturated heterocycles. The van der Waals surface area contributed by atoms with E-state index < -0.39 is 0 Å². The minimum atomic E-state index is -0.0187. The van der Waals surface area contributed by atoms with Gasteiger partial charge in [0.25, 0.3) is 0 Å². The fourth-order valence-corrected chi connectivity index (χ4v) is 6.45. The number of ether oxygens (including phenoxy) is 2. The van der Waals surface area contributed by atoms with E-state index in [1.54, 1.807) is 0 Å². The van der Waals surface area contributed by atoms with Crippen LogP contribution in [0.15, 0.2) is 31.0 Å². The number of morpholine rings is 1. The fraction of sp³-hybridized carbons (Fsp3) is 0.517. The molecule has 3 aromatic rings. The first-order valence-electron chi connectivity index (χ1n) is 14.3. The predicted octanol–water partition coefficient (Wildman–Crippen LogP) is 1.91. The second-order valence-electron chi connectivity index (χ2n) is 11.1. The fourth-order valence-electron chi connectivity index (χ4n) is 6.45. The van der Waals surface area contributed by atoms with Crippen molar-refractivity contribution in [2.75, 3.05) is 68.8 Å². The zero-order chi connectivity index (χ0) is 27.2. The van der Waals surface area contributed by atoms with E-state index in [1.165, 1.54) is 22.9 Å². The average Bonchev–Trinajstić information content (AvgIpc) is 3.45. The van der Waals surface area contributed by atoms with Crippen LogP contribution in [0.25, 0.3) is 10.9 Å². The van der Waals surface area contributed by atoms with Crippen LogP contribution in [0.1, 0.15) is 23.2 Å². The summed E-state index contributed by atoms with van der Waals surface area (Å²) >= 11 is 0. The standard InChI is InChI=1S/C29H36N8O3/c1-3-26(38)34-10-12-35(13-11-34)28-20-7-9-37(27-19(2)5-6-22-21(27)15-30-33-22)16-23(20)31-29(32-28)39-14-4-8-36-17-25-24(36)18-40-25/h3,5-6,15,24-25H,1,4,7-14,16-18H2,2H3,(H,30,33)/t24?,25-/m1/s1. The van der Waals surface area contributed by atoms with Crippen LogP contribution in [0.2, 0.25) is 0 Å². The van der Waals surface area contributed by atoms with E-state index in [0.29, 0.717) is 44.4 Å². The Kier molecular flexibility index (Phi) is 6.55. The van der Waals surface area contributed by atoms with Gasteiger partial charge in [-0.25, -0.2) is 0 Å². The lowest BCUT2D eigenvalue weighted by Crippen LogP contribution is -2.70. The number of hydrogen-bond acceptors (Lipinski definition) is 9. The van der Waals surface area contributed by atoms with Crippen molar-refractivity contribution in [3.63, 3.8) is 0 Å². The number of aromatic nitrogens is 4. The van der Waals surface area contributed by atoms with Gasteiger partial charge in [0.05, 0.1) is 55.0 Å². The molecule has 2 aromatic heterocycles. The topological polar surface area (TPSA) is 103 Å². The predicted molar refractivity (Wildman–Crippen MR) is 152 cm³/mol. The minimum Gasteiger partial charge on any atom is -0.463 e. The van der Waals surface area contributed by atoms with Crippen LogP contribution >= 0.6 is 0 Å². The van der Waals surface area contributed by atoms with Crippen LogP contribution in [-0.4, -0.2) is 107 Å². The number of amides is 1. The first kappa shape index (κ1) is 25.3. The van der Waals surface area contributed by atoms with Crippen molar-refractivity contribution in [3.8, 4) is 6.01 Å². The van der Waals surface area contributed by atoms with Crippen LogP contribution in [0.4, 0.5) is 11.5 Å². The number of H-pyrrole nitrogens is 1. The number of piperazine rings is 1. The molecule has 210 valence electrons. The molecule has 11 nitrogen and oxygen atoms in total. The quantitative estimate of drug-likeness (QED) is 0.337. The lowest BCUT2D eigenvalue weighted by molar-refractivity contribution is -0.214. The van der Waals surface area contributed by atoms with Gasteiger partial charge < -0.3 is 24.2 Å². The van der Waals surface area contributed by atoms with Gasteiger partial charge in [0.1, 0.15) is 5.82 Å². The van der Waals surface area contributed by atoms with Gasteiger partial charge in [-0.1, -0.05) is 12.6 Å². The number of nitrogens with one attached hydrogen (secondary N) is 1. The van der Waals surface area contributed by atoms with E-state index in [2.05, 4.69) is 50.5 Å². The molecule has 7 rings (SSSR count). The SMILES string of the molecule is C=CC(=O)N1CCN(c2nc(OCCCN3C[C@H]4OCC43)nc3c2CCN(c2c(C)ccc4[nH]ncc24)C3)CC1. The number of fused-ring (bicyclic) bond motifs is 3. The zero-order valence-electron chi connectivity index (χ0n) is 23.0. The smallest absolute Gasteiger partial charge is 0.318 e. The molecular weight excluding hydrogens is 508 g/mol. The summed E-state index contributed by atoms with van der Waals surface area (Å²) in [4.78, 5) is 31.1. The van der Waals surface area contributed by atoms with Crippen molar-refractivity contribution < 1.29 is 14.3 Å². The van der Waals surface area contributed by atoms with E-state index in [0.717, 1.165) is 74.6 Å². The van der Waals surface area contributed by atoms with Crippen molar-refractivity contribution in [2.24, 2.45) is 0 Å². The molecule has 4 aliphatic heterocycles. The Labute approximate surface area is 233 Å². The number of anilines is 2. The molecule has 0 spiro atoms. The second-order valence-corrected chi connectivity index (χ2v) is 11.1. The highest BCUT2D eigenvalue weighted by Gasteiger charge is 2.46. The molecule has 1 amide bonds. The lowest BCUT2D eigenvalue weighted by Gasteiger charge is -2.55. The largest absolute Gasteiger partial charge is 0.463 e. The number of rotatable bonds is 8. The third-order valence-corrected chi connectivity index (χ3v) is 8.82. The Morgan fingerprint density at radius 3 is 2.83 bits per heavy atom. The molecule has 4 aliphatic rings. The Morgan fingerprint density at radius 1 is 1.20 bits per heavy atom. The van der Waals surface area contributed by atoms with Crippen molar-refractivity contribution in [1.82, 2.24) is 30.0 Å². The number of aromatic amines is 1. The minimum absolute atomic E-state index is 0.0187. The number of likely N-dealkylation sites (tertiary alicyclic amines) is 1. The Morgan fingerprint density at radius 2 is 2.08 bits per heavy atom. The van der Waals surface area contributed by atoms with Crippen molar-refractivity contribution >= 4 is 28.3 Å². The van der Waals surface area contributed by atoms with Crippen LogP contribution in [0.3, 0.4) is 0 Å². The summed E-state index contributed by atoms with van der Waals surface area (Å²) in [5.41, 5.74) is 5.64. The molecule has 3 fully saturated rings. The second kappa shape index (κ2) is 10.4. The highest BCUT2D eigenvalue weighted by Crippen LogP contribution is 2.36. The van der Waals surface area contributed by atoms with E-state index >= 15 is 0 Å². The number of nitrogens with zero attached hydrogens (tertiary/aromatic N) is 7. The van der Waals surface area contributed by atoms with E-state index in [4.69, 9.17) is 19.4 Å². The Hall–Kier alpha value is -3.70. The number of aryl methyl sites for hydroxylation is 1.